The number of rotatable bonds is 7. The van der Waals surface area contributed by atoms with Crippen LogP contribution in [0.5, 0.6) is 0 Å². The molecule has 130 valence electrons. The van der Waals surface area contributed by atoms with Gasteiger partial charge >= 0.3 is 0 Å². The summed E-state index contributed by atoms with van der Waals surface area (Å²) in [7, 11) is 0. The number of anilines is 1. The highest BCUT2D eigenvalue weighted by molar-refractivity contribution is 7.13. The molecule has 1 aromatic heterocycles. The molecule has 7 heteroatoms. The standard InChI is InChI=1S/C17H23N3O3S/c21-11-16(22)9-18-14-3-1-13(2-4-14)17-19-15(12-24-17)10-20-5-7-23-8-6-20/h1-4,12,16,18,21-22H,5-11H2. The van der Waals surface area contributed by atoms with Crippen molar-refractivity contribution in [1.29, 1.82) is 0 Å². The summed E-state index contributed by atoms with van der Waals surface area (Å²) in [4.78, 5) is 7.10. The van der Waals surface area contributed by atoms with E-state index in [4.69, 9.17) is 14.8 Å². The van der Waals surface area contributed by atoms with E-state index in [1.54, 1.807) is 11.3 Å². The zero-order chi connectivity index (χ0) is 16.8. The van der Waals surface area contributed by atoms with Gasteiger partial charge in [-0.05, 0) is 24.3 Å². The molecule has 1 fully saturated rings. The van der Waals surface area contributed by atoms with Crippen LogP contribution in [0.1, 0.15) is 5.69 Å². The maximum absolute atomic E-state index is 9.36. The number of ether oxygens (including phenoxy) is 1. The fourth-order valence-corrected chi connectivity index (χ4v) is 3.35. The first-order valence-corrected chi connectivity index (χ1v) is 9.00. The Morgan fingerprint density at radius 2 is 2.00 bits per heavy atom. The smallest absolute Gasteiger partial charge is 0.123 e. The van der Waals surface area contributed by atoms with Gasteiger partial charge in [-0.15, -0.1) is 11.3 Å². The van der Waals surface area contributed by atoms with Gasteiger partial charge in [0.2, 0.25) is 0 Å². The summed E-state index contributed by atoms with van der Waals surface area (Å²) in [6, 6.07) is 7.96. The predicted molar refractivity (Wildman–Crippen MR) is 95.2 cm³/mol. The molecule has 0 saturated carbocycles. The third-order valence-electron chi connectivity index (χ3n) is 3.93. The molecular formula is C17H23N3O3S. The van der Waals surface area contributed by atoms with Crippen molar-refractivity contribution in [2.75, 3.05) is 44.8 Å². The topological polar surface area (TPSA) is 77.8 Å². The SMILES string of the molecule is OCC(O)CNc1ccc(-c2nc(CN3CCOCC3)cs2)cc1. The Kier molecular flexibility index (Phi) is 6.17. The average Bonchev–Trinajstić information content (AvgIpc) is 3.09. The zero-order valence-corrected chi connectivity index (χ0v) is 14.3. The number of morpholine rings is 1. The summed E-state index contributed by atoms with van der Waals surface area (Å²) < 4.78 is 5.37. The lowest BCUT2D eigenvalue weighted by Gasteiger charge is -2.25. The van der Waals surface area contributed by atoms with Crippen molar-refractivity contribution >= 4 is 17.0 Å². The van der Waals surface area contributed by atoms with Crippen molar-refractivity contribution in [2.45, 2.75) is 12.6 Å². The lowest BCUT2D eigenvalue weighted by molar-refractivity contribution is 0.0337. The largest absolute Gasteiger partial charge is 0.394 e. The fourth-order valence-electron chi connectivity index (χ4n) is 2.53. The van der Waals surface area contributed by atoms with Gasteiger partial charge in [0.25, 0.3) is 0 Å². The fraction of sp³-hybridized carbons (Fsp3) is 0.471. The van der Waals surface area contributed by atoms with Crippen LogP contribution in [-0.4, -0.2) is 65.7 Å². The van der Waals surface area contributed by atoms with Crippen LogP contribution in [0.15, 0.2) is 29.6 Å². The zero-order valence-electron chi connectivity index (χ0n) is 13.5. The Balaban J connectivity index is 1.58. The first-order valence-electron chi connectivity index (χ1n) is 8.12. The van der Waals surface area contributed by atoms with Gasteiger partial charge in [-0.2, -0.15) is 0 Å². The van der Waals surface area contributed by atoms with E-state index in [2.05, 4.69) is 15.6 Å². The number of hydrogen-bond acceptors (Lipinski definition) is 7. The maximum Gasteiger partial charge on any atom is 0.123 e. The number of aliphatic hydroxyl groups is 2. The van der Waals surface area contributed by atoms with E-state index in [1.165, 1.54) is 0 Å². The second-order valence-corrected chi connectivity index (χ2v) is 6.69. The molecule has 0 amide bonds. The molecule has 1 unspecified atom stereocenters. The number of nitrogens with one attached hydrogen (secondary N) is 1. The number of aromatic nitrogens is 1. The lowest BCUT2D eigenvalue weighted by atomic mass is 10.2. The number of aliphatic hydroxyl groups excluding tert-OH is 2. The normalized spacial score (nSPS) is 16.9. The molecule has 0 radical (unpaired) electrons. The molecule has 3 rings (SSSR count). The van der Waals surface area contributed by atoms with Crippen LogP contribution in [-0.2, 0) is 11.3 Å². The van der Waals surface area contributed by atoms with Gasteiger partial charge in [-0.25, -0.2) is 4.98 Å². The Labute approximate surface area is 145 Å². The molecule has 3 N–H and O–H groups in total. The maximum atomic E-state index is 9.36. The molecule has 24 heavy (non-hydrogen) atoms. The van der Waals surface area contributed by atoms with Gasteiger partial charge in [-0.3, -0.25) is 4.90 Å². The molecule has 1 aromatic carbocycles. The van der Waals surface area contributed by atoms with Crippen molar-refractivity contribution in [3.8, 4) is 10.6 Å². The van der Waals surface area contributed by atoms with Crippen LogP contribution < -0.4 is 5.32 Å². The van der Waals surface area contributed by atoms with Crippen LogP contribution >= 0.6 is 11.3 Å². The van der Waals surface area contributed by atoms with Gasteiger partial charge in [0.05, 0.1) is 31.6 Å². The van der Waals surface area contributed by atoms with Gasteiger partial charge < -0.3 is 20.3 Å². The van der Waals surface area contributed by atoms with Crippen LogP contribution in [0.4, 0.5) is 5.69 Å². The van der Waals surface area contributed by atoms with E-state index >= 15 is 0 Å². The summed E-state index contributed by atoms with van der Waals surface area (Å²) in [5.74, 6) is 0. The number of thiazole rings is 1. The second kappa shape index (κ2) is 8.55. The Morgan fingerprint density at radius 3 is 2.71 bits per heavy atom. The minimum Gasteiger partial charge on any atom is -0.394 e. The number of benzene rings is 1. The quantitative estimate of drug-likeness (QED) is 0.702. The highest BCUT2D eigenvalue weighted by atomic mass is 32.1. The summed E-state index contributed by atoms with van der Waals surface area (Å²) in [5.41, 5.74) is 3.10. The van der Waals surface area contributed by atoms with Crippen LogP contribution in [0.2, 0.25) is 0 Å². The molecule has 6 nitrogen and oxygen atoms in total. The second-order valence-electron chi connectivity index (χ2n) is 5.83. The highest BCUT2D eigenvalue weighted by Gasteiger charge is 2.13. The molecule has 1 aliphatic rings. The first kappa shape index (κ1) is 17.3. The number of hydrogen-bond donors (Lipinski definition) is 3. The molecule has 0 aliphatic carbocycles. The van der Waals surface area contributed by atoms with Gasteiger partial charge in [-0.1, -0.05) is 0 Å². The monoisotopic (exact) mass is 349 g/mol. The molecule has 2 aromatic rings. The summed E-state index contributed by atoms with van der Waals surface area (Å²) >= 11 is 1.66. The average molecular weight is 349 g/mol. The molecular weight excluding hydrogens is 326 g/mol. The van der Waals surface area contributed by atoms with Crippen molar-refractivity contribution < 1.29 is 14.9 Å². The van der Waals surface area contributed by atoms with E-state index in [0.29, 0.717) is 6.54 Å². The van der Waals surface area contributed by atoms with Crippen LogP contribution in [0.3, 0.4) is 0 Å². The van der Waals surface area contributed by atoms with Crippen molar-refractivity contribution in [2.24, 2.45) is 0 Å². The first-order chi connectivity index (χ1) is 11.7. The number of nitrogens with zero attached hydrogens (tertiary/aromatic N) is 2. The minimum absolute atomic E-state index is 0.240. The van der Waals surface area contributed by atoms with Gasteiger partial charge in [0.15, 0.2) is 0 Å². The van der Waals surface area contributed by atoms with Gasteiger partial charge in [0, 0.05) is 42.8 Å². The Bertz CT molecular complexity index is 626. The lowest BCUT2D eigenvalue weighted by Crippen LogP contribution is -2.35. The van der Waals surface area contributed by atoms with E-state index in [-0.39, 0.29) is 6.61 Å². The van der Waals surface area contributed by atoms with Crippen LogP contribution in [0, 0.1) is 0 Å². The molecule has 1 atom stereocenters. The third kappa shape index (κ3) is 4.75. The summed E-state index contributed by atoms with van der Waals surface area (Å²) in [6.07, 6.45) is -0.744. The summed E-state index contributed by atoms with van der Waals surface area (Å²) in [5, 5.41) is 24.4. The van der Waals surface area contributed by atoms with Crippen molar-refractivity contribution in [1.82, 2.24) is 9.88 Å². The van der Waals surface area contributed by atoms with Crippen LogP contribution in [0.25, 0.3) is 10.6 Å². The van der Waals surface area contributed by atoms with E-state index in [1.807, 2.05) is 24.3 Å². The van der Waals surface area contributed by atoms with Crippen molar-refractivity contribution in [3.63, 3.8) is 0 Å². The third-order valence-corrected chi connectivity index (χ3v) is 4.87. The minimum atomic E-state index is -0.744. The predicted octanol–water partition coefficient (Wildman–Crippen LogP) is 1.41. The molecule has 2 heterocycles. The Morgan fingerprint density at radius 1 is 1.25 bits per heavy atom. The Hall–Kier alpha value is -1.51. The van der Waals surface area contributed by atoms with E-state index in [9.17, 15) is 5.11 Å². The van der Waals surface area contributed by atoms with E-state index < -0.39 is 6.10 Å². The highest BCUT2D eigenvalue weighted by Crippen LogP contribution is 2.25. The molecule has 1 saturated heterocycles. The van der Waals surface area contributed by atoms with Crippen molar-refractivity contribution in [3.05, 3.63) is 35.3 Å². The van der Waals surface area contributed by atoms with Gasteiger partial charge in [0.1, 0.15) is 5.01 Å². The molecule has 0 bridgehead atoms. The summed E-state index contributed by atoms with van der Waals surface area (Å²) in [6.45, 7) is 4.50. The molecule has 1 aliphatic heterocycles. The van der Waals surface area contributed by atoms with E-state index in [0.717, 1.165) is 54.8 Å². The molecule has 0 spiro atoms.